The van der Waals surface area contributed by atoms with Crippen molar-refractivity contribution in [2.24, 2.45) is 0 Å². The fourth-order valence-electron chi connectivity index (χ4n) is 3.71. The zero-order chi connectivity index (χ0) is 27.0. The van der Waals surface area contributed by atoms with Gasteiger partial charge in [0.25, 0.3) is 0 Å². The van der Waals surface area contributed by atoms with Crippen molar-refractivity contribution >= 4 is 14.2 Å². The number of hydrogen-bond donors (Lipinski definition) is 1. The molecule has 0 aliphatic carbocycles. The molecule has 0 aliphatic heterocycles. The van der Waals surface area contributed by atoms with Gasteiger partial charge in [-0.3, -0.25) is 4.98 Å². The van der Waals surface area contributed by atoms with E-state index in [0.717, 1.165) is 28.3 Å². The van der Waals surface area contributed by atoms with E-state index in [1.54, 1.807) is 42.4 Å². The van der Waals surface area contributed by atoms with Gasteiger partial charge in [0, 0.05) is 50.3 Å². The molecule has 9 nitrogen and oxygen atoms in total. The highest BCUT2D eigenvalue weighted by atomic mass is 28.3. The Hall–Kier alpha value is -4.02. The fraction of sp³-hybridized carbons (Fsp3) is 0.286. The van der Waals surface area contributed by atoms with Gasteiger partial charge in [-0.2, -0.15) is 5.10 Å². The number of benzene rings is 2. The van der Waals surface area contributed by atoms with Crippen molar-refractivity contribution < 1.29 is 19.0 Å². The van der Waals surface area contributed by atoms with Crippen LogP contribution in [0.1, 0.15) is 5.56 Å². The minimum absolute atomic E-state index is 0.314. The topological polar surface area (TPSA) is 100 Å². The normalized spacial score (nSPS) is 11.3. The summed E-state index contributed by atoms with van der Waals surface area (Å²) in [5.74, 6) is 1.66. The van der Waals surface area contributed by atoms with Crippen LogP contribution in [0.4, 0.5) is 4.79 Å². The van der Waals surface area contributed by atoms with Crippen molar-refractivity contribution in [3.8, 4) is 34.0 Å². The van der Waals surface area contributed by atoms with Gasteiger partial charge in [-0.25, -0.2) is 14.5 Å². The molecule has 0 aliphatic rings. The van der Waals surface area contributed by atoms with Crippen molar-refractivity contribution in [2.75, 3.05) is 13.7 Å². The Kier molecular flexibility index (Phi) is 8.88. The van der Waals surface area contributed by atoms with Gasteiger partial charge in [0.2, 0.25) is 0 Å². The smallest absolute Gasteiger partial charge is 0.412 e. The molecule has 0 saturated carbocycles. The molecule has 1 N–H and O–H groups in total. The maximum atomic E-state index is 12.4. The highest BCUT2D eigenvalue weighted by Crippen LogP contribution is 2.34. The molecule has 4 aromatic rings. The Bertz CT molecular complexity index is 1350. The summed E-state index contributed by atoms with van der Waals surface area (Å²) in [7, 11) is 0.421. The molecule has 198 valence electrons. The quantitative estimate of drug-likeness (QED) is 0.198. The number of carbonyl (C=O) groups is 1. The monoisotopic (exact) mass is 531 g/mol. The van der Waals surface area contributed by atoms with E-state index in [1.165, 1.54) is 6.33 Å². The lowest BCUT2D eigenvalue weighted by atomic mass is 10.0. The average molecular weight is 532 g/mol. The summed E-state index contributed by atoms with van der Waals surface area (Å²) in [6, 6.07) is 17.9. The Morgan fingerprint density at radius 2 is 1.82 bits per heavy atom. The molecular formula is C28H33N5O4Si. The number of pyridine rings is 1. The number of ether oxygens (including phenoxy) is 3. The highest BCUT2D eigenvalue weighted by molar-refractivity contribution is 6.76. The van der Waals surface area contributed by atoms with Gasteiger partial charge in [0.15, 0.2) is 5.82 Å². The van der Waals surface area contributed by atoms with Crippen molar-refractivity contribution in [3.63, 3.8) is 0 Å². The fourth-order valence-corrected chi connectivity index (χ4v) is 4.47. The molecule has 1 amide bonds. The van der Waals surface area contributed by atoms with E-state index < -0.39 is 14.2 Å². The van der Waals surface area contributed by atoms with Gasteiger partial charge in [-0.05, 0) is 35.9 Å². The predicted molar refractivity (Wildman–Crippen MR) is 149 cm³/mol. The maximum absolute atomic E-state index is 12.4. The van der Waals surface area contributed by atoms with Crippen LogP contribution in [-0.4, -0.2) is 47.6 Å². The predicted octanol–water partition coefficient (Wildman–Crippen LogP) is 5.62. The van der Waals surface area contributed by atoms with Gasteiger partial charge in [-0.1, -0.05) is 50.0 Å². The number of methoxy groups -OCH3 is 1. The summed E-state index contributed by atoms with van der Waals surface area (Å²) in [5, 5.41) is 7.09. The number of nitrogens with zero attached hydrogens (tertiary/aromatic N) is 4. The van der Waals surface area contributed by atoms with Crippen LogP contribution in [-0.2, 0) is 18.0 Å². The average Bonchev–Trinajstić information content (AvgIpc) is 3.39. The van der Waals surface area contributed by atoms with Gasteiger partial charge in [0.1, 0.15) is 24.6 Å². The van der Waals surface area contributed by atoms with E-state index >= 15 is 0 Å². The molecule has 0 spiro atoms. The highest BCUT2D eigenvalue weighted by Gasteiger charge is 2.15. The van der Waals surface area contributed by atoms with E-state index in [4.69, 9.17) is 14.2 Å². The third kappa shape index (κ3) is 7.50. The Morgan fingerprint density at radius 1 is 1.03 bits per heavy atom. The number of hydrogen-bond acceptors (Lipinski definition) is 7. The second-order valence-electron chi connectivity index (χ2n) is 9.98. The molecule has 4 rings (SSSR count). The summed E-state index contributed by atoms with van der Waals surface area (Å²) < 4.78 is 18.7. The number of nitrogens with one attached hydrogen (secondary N) is 1. The third-order valence-corrected chi connectivity index (χ3v) is 7.50. The summed E-state index contributed by atoms with van der Waals surface area (Å²) in [6.45, 7) is 8.34. The van der Waals surface area contributed by atoms with Crippen LogP contribution in [0.5, 0.6) is 11.5 Å². The van der Waals surface area contributed by atoms with E-state index in [9.17, 15) is 4.79 Å². The molecule has 0 fully saturated rings. The Morgan fingerprint density at radius 3 is 2.58 bits per heavy atom. The molecule has 0 saturated heterocycles. The summed E-state index contributed by atoms with van der Waals surface area (Å²) in [6.07, 6.45) is 4.42. The maximum Gasteiger partial charge on any atom is 0.412 e. The lowest BCUT2D eigenvalue weighted by molar-refractivity contribution is 0.0796. The third-order valence-electron chi connectivity index (χ3n) is 5.79. The lowest BCUT2D eigenvalue weighted by Gasteiger charge is -2.15. The first-order valence-electron chi connectivity index (χ1n) is 12.4. The van der Waals surface area contributed by atoms with Gasteiger partial charge < -0.3 is 19.5 Å². The van der Waals surface area contributed by atoms with Crippen molar-refractivity contribution in [2.45, 2.75) is 39.0 Å². The van der Waals surface area contributed by atoms with Crippen LogP contribution in [0, 0.1) is 0 Å². The van der Waals surface area contributed by atoms with Crippen LogP contribution in [0.2, 0.25) is 25.7 Å². The largest absolute Gasteiger partial charge is 0.496 e. The molecule has 0 bridgehead atoms. The zero-order valence-corrected chi connectivity index (χ0v) is 23.2. The van der Waals surface area contributed by atoms with E-state index in [0.29, 0.717) is 37.2 Å². The van der Waals surface area contributed by atoms with Gasteiger partial charge in [-0.15, -0.1) is 0 Å². The van der Waals surface area contributed by atoms with Crippen LogP contribution >= 0.6 is 0 Å². The first kappa shape index (κ1) is 27.0. The zero-order valence-electron chi connectivity index (χ0n) is 22.2. The summed E-state index contributed by atoms with van der Waals surface area (Å²) in [4.78, 5) is 21.2. The number of carbonyl (C=O) groups excluding carboxylic acids is 1. The van der Waals surface area contributed by atoms with Crippen LogP contribution in [0.3, 0.4) is 0 Å². The number of amides is 1. The molecule has 38 heavy (non-hydrogen) atoms. The second-order valence-corrected chi connectivity index (χ2v) is 15.6. The lowest BCUT2D eigenvalue weighted by Crippen LogP contribution is -2.26. The molecule has 10 heteroatoms. The minimum Gasteiger partial charge on any atom is -0.496 e. The number of aromatic nitrogens is 4. The SMILES string of the molecule is COc1ccc(OC(=O)NCc2ccccc2)cc1-c1cncc(-c2ncnn2COCC[Si](C)(C)C)c1. The molecule has 0 atom stereocenters. The van der Waals surface area contributed by atoms with E-state index in [2.05, 4.69) is 40.0 Å². The van der Waals surface area contributed by atoms with Crippen LogP contribution in [0.25, 0.3) is 22.5 Å². The Balaban J connectivity index is 1.49. The van der Waals surface area contributed by atoms with Crippen LogP contribution in [0.15, 0.2) is 73.3 Å². The van der Waals surface area contributed by atoms with Crippen molar-refractivity contribution in [3.05, 3.63) is 78.9 Å². The summed E-state index contributed by atoms with van der Waals surface area (Å²) in [5.41, 5.74) is 3.27. The van der Waals surface area contributed by atoms with E-state index in [1.807, 2.05) is 36.4 Å². The van der Waals surface area contributed by atoms with Crippen LogP contribution < -0.4 is 14.8 Å². The number of rotatable bonds is 11. The first-order chi connectivity index (χ1) is 18.3. The van der Waals surface area contributed by atoms with Crippen molar-refractivity contribution in [1.29, 1.82) is 0 Å². The molecule has 2 aromatic heterocycles. The molecule has 0 unspecified atom stereocenters. The standard InChI is InChI=1S/C28H33N5O4Si/c1-35-26-11-10-24(37-28(34)30-16-21-8-6-5-7-9-21)15-25(26)22-14-23(18-29-17-22)27-31-19-32-33(27)20-36-12-13-38(2,3)4/h5-11,14-15,17-19H,12-13,16,20H2,1-4H3,(H,30,34). The molecular weight excluding hydrogens is 498 g/mol. The van der Waals surface area contributed by atoms with Crippen molar-refractivity contribution in [1.82, 2.24) is 25.1 Å². The molecule has 2 heterocycles. The van der Waals surface area contributed by atoms with E-state index in [-0.39, 0.29) is 0 Å². The Labute approximate surface area is 223 Å². The van der Waals surface area contributed by atoms with Gasteiger partial charge >= 0.3 is 6.09 Å². The minimum atomic E-state index is -1.17. The molecule has 0 radical (unpaired) electrons. The van der Waals surface area contributed by atoms with Gasteiger partial charge in [0.05, 0.1) is 7.11 Å². The first-order valence-corrected chi connectivity index (χ1v) is 16.1. The summed E-state index contributed by atoms with van der Waals surface area (Å²) >= 11 is 0. The molecule has 2 aromatic carbocycles. The second kappa shape index (κ2) is 12.5.